The molecule has 7 heteroatoms. The van der Waals surface area contributed by atoms with Gasteiger partial charge >= 0.3 is 0 Å². The SMILES string of the molecule is C[C@@H]1CN(Cc2csc(NC(=O)c3ccccc3Br)n2)C[C@@H](C)O1. The first-order valence-electron chi connectivity index (χ1n) is 7.89. The fourth-order valence-electron chi connectivity index (χ4n) is 2.89. The number of ether oxygens (including phenoxy) is 1. The first kappa shape index (κ1) is 17.5. The first-order valence-corrected chi connectivity index (χ1v) is 9.56. The molecule has 2 atom stereocenters. The lowest BCUT2D eigenvalue weighted by molar-refractivity contribution is -0.0707. The zero-order valence-corrected chi connectivity index (χ0v) is 16.1. The van der Waals surface area contributed by atoms with Crippen molar-refractivity contribution in [3.05, 3.63) is 45.4 Å². The number of carbonyl (C=O) groups excluding carboxylic acids is 1. The quantitative estimate of drug-likeness (QED) is 0.834. The van der Waals surface area contributed by atoms with Crippen LogP contribution < -0.4 is 5.32 Å². The standard InChI is InChI=1S/C17H20BrN3O2S/c1-11-7-21(8-12(2)23-11)9-13-10-24-17(19-13)20-16(22)14-5-3-4-6-15(14)18/h3-6,10-12H,7-9H2,1-2H3,(H,19,20,22)/t11-,12-/m1/s1. The summed E-state index contributed by atoms with van der Waals surface area (Å²) in [7, 11) is 0. The molecule has 0 bridgehead atoms. The van der Waals surface area contributed by atoms with E-state index in [1.54, 1.807) is 6.07 Å². The van der Waals surface area contributed by atoms with E-state index in [2.05, 4.69) is 45.0 Å². The van der Waals surface area contributed by atoms with Crippen molar-refractivity contribution in [3.8, 4) is 0 Å². The van der Waals surface area contributed by atoms with Gasteiger partial charge in [-0.25, -0.2) is 4.98 Å². The summed E-state index contributed by atoms with van der Waals surface area (Å²) in [5.74, 6) is -0.156. The van der Waals surface area contributed by atoms with Crippen LogP contribution in [0.4, 0.5) is 5.13 Å². The van der Waals surface area contributed by atoms with E-state index in [1.165, 1.54) is 11.3 Å². The lowest BCUT2D eigenvalue weighted by Gasteiger charge is -2.34. The summed E-state index contributed by atoms with van der Waals surface area (Å²) < 4.78 is 6.52. The van der Waals surface area contributed by atoms with E-state index < -0.39 is 0 Å². The second kappa shape index (κ2) is 7.74. The molecular formula is C17H20BrN3O2S. The normalized spacial score (nSPS) is 21.6. The van der Waals surface area contributed by atoms with Crippen LogP contribution >= 0.6 is 27.3 Å². The van der Waals surface area contributed by atoms with Crippen molar-refractivity contribution >= 4 is 38.3 Å². The van der Waals surface area contributed by atoms with E-state index in [-0.39, 0.29) is 18.1 Å². The van der Waals surface area contributed by atoms with Gasteiger partial charge in [0, 0.05) is 29.5 Å². The Morgan fingerprint density at radius 2 is 2.08 bits per heavy atom. The molecule has 1 saturated heterocycles. The molecule has 24 heavy (non-hydrogen) atoms. The summed E-state index contributed by atoms with van der Waals surface area (Å²) >= 11 is 4.85. The van der Waals surface area contributed by atoms with Gasteiger partial charge in [-0.05, 0) is 41.9 Å². The van der Waals surface area contributed by atoms with Gasteiger partial charge in [-0.3, -0.25) is 15.0 Å². The number of carbonyl (C=O) groups is 1. The molecule has 1 amide bonds. The fourth-order valence-corrected chi connectivity index (χ4v) is 4.05. The highest BCUT2D eigenvalue weighted by Crippen LogP contribution is 2.22. The van der Waals surface area contributed by atoms with Crippen LogP contribution in [0.3, 0.4) is 0 Å². The Balaban J connectivity index is 1.61. The Kier molecular flexibility index (Phi) is 5.65. The highest BCUT2D eigenvalue weighted by molar-refractivity contribution is 9.10. The number of hydrogen-bond donors (Lipinski definition) is 1. The van der Waals surface area contributed by atoms with Crippen LogP contribution in [-0.2, 0) is 11.3 Å². The molecule has 1 aromatic heterocycles. The van der Waals surface area contributed by atoms with Crippen LogP contribution in [0, 0.1) is 0 Å². The van der Waals surface area contributed by atoms with Crippen molar-refractivity contribution in [2.45, 2.75) is 32.6 Å². The number of rotatable bonds is 4. The van der Waals surface area contributed by atoms with Crippen LogP contribution in [0.5, 0.6) is 0 Å². The van der Waals surface area contributed by atoms with Crippen molar-refractivity contribution in [3.63, 3.8) is 0 Å². The van der Waals surface area contributed by atoms with E-state index in [9.17, 15) is 4.79 Å². The fraction of sp³-hybridized carbons (Fsp3) is 0.412. The number of thiazole rings is 1. The maximum Gasteiger partial charge on any atom is 0.258 e. The predicted molar refractivity (Wildman–Crippen MR) is 99.5 cm³/mol. The number of nitrogens with zero attached hydrogens (tertiary/aromatic N) is 2. The van der Waals surface area contributed by atoms with Crippen molar-refractivity contribution in [1.82, 2.24) is 9.88 Å². The Hall–Kier alpha value is -1.28. The topological polar surface area (TPSA) is 54.5 Å². The number of morpholine rings is 1. The molecule has 5 nitrogen and oxygen atoms in total. The van der Waals surface area contributed by atoms with E-state index in [4.69, 9.17) is 4.74 Å². The molecule has 0 radical (unpaired) electrons. The highest BCUT2D eigenvalue weighted by atomic mass is 79.9. The predicted octanol–water partition coefficient (Wildman–Crippen LogP) is 3.77. The molecule has 128 valence electrons. The smallest absolute Gasteiger partial charge is 0.258 e. The third kappa shape index (κ3) is 4.42. The zero-order chi connectivity index (χ0) is 17.1. The van der Waals surface area contributed by atoms with Crippen molar-refractivity contribution < 1.29 is 9.53 Å². The van der Waals surface area contributed by atoms with Gasteiger partial charge in [0.05, 0.1) is 23.5 Å². The monoisotopic (exact) mass is 409 g/mol. The summed E-state index contributed by atoms with van der Waals surface area (Å²) in [6.45, 7) is 6.76. The minimum absolute atomic E-state index is 0.156. The largest absolute Gasteiger partial charge is 0.373 e. The van der Waals surface area contributed by atoms with Crippen LogP contribution in [0.25, 0.3) is 0 Å². The Morgan fingerprint density at radius 3 is 2.79 bits per heavy atom. The second-order valence-corrected chi connectivity index (χ2v) is 7.74. The van der Waals surface area contributed by atoms with Crippen LogP contribution in [0.15, 0.2) is 34.1 Å². The van der Waals surface area contributed by atoms with Crippen molar-refractivity contribution in [2.75, 3.05) is 18.4 Å². The number of amides is 1. The van der Waals surface area contributed by atoms with Gasteiger partial charge in [0.2, 0.25) is 0 Å². The highest BCUT2D eigenvalue weighted by Gasteiger charge is 2.23. The lowest BCUT2D eigenvalue weighted by Crippen LogP contribution is -2.44. The van der Waals surface area contributed by atoms with Gasteiger partial charge in [-0.15, -0.1) is 11.3 Å². The molecule has 1 N–H and O–H groups in total. The number of aromatic nitrogens is 1. The molecular weight excluding hydrogens is 390 g/mol. The maximum atomic E-state index is 12.3. The number of nitrogens with one attached hydrogen (secondary N) is 1. The zero-order valence-electron chi connectivity index (χ0n) is 13.7. The summed E-state index contributed by atoms with van der Waals surface area (Å²) in [5, 5.41) is 5.50. The molecule has 1 aliphatic heterocycles. The summed E-state index contributed by atoms with van der Waals surface area (Å²) in [6.07, 6.45) is 0.476. The van der Waals surface area contributed by atoms with E-state index in [0.717, 1.165) is 29.8 Å². The molecule has 0 saturated carbocycles. The number of hydrogen-bond acceptors (Lipinski definition) is 5. The number of benzene rings is 1. The molecule has 1 aromatic carbocycles. The van der Waals surface area contributed by atoms with Gasteiger partial charge in [0.15, 0.2) is 5.13 Å². The first-order chi connectivity index (χ1) is 11.5. The minimum atomic E-state index is -0.156. The molecule has 2 aromatic rings. The summed E-state index contributed by atoms with van der Waals surface area (Å²) in [5.41, 5.74) is 1.58. The van der Waals surface area contributed by atoms with Gasteiger partial charge < -0.3 is 4.74 Å². The third-order valence-corrected chi connectivity index (χ3v) is 5.27. The average molecular weight is 410 g/mol. The molecule has 3 rings (SSSR count). The van der Waals surface area contributed by atoms with Crippen LogP contribution in [-0.4, -0.2) is 41.1 Å². The maximum absolute atomic E-state index is 12.3. The minimum Gasteiger partial charge on any atom is -0.373 e. The molecule has 1 aliphatic rings. The summed E-state index contributed by atoms with van der Waals surface area (Å²) in [4.78, 5) is 19.2. The molecule has 1 fully saturated rings. The average Bonchev–Trinajstić information content (AvgIpc) is 2.93. The molecule has 0 aliphatic carbocycles. The Labute approximate surface area is 154 Å². The summed E-state index contributed by atoms with van der Waals surface area (Å²) in [6, 6.07) is 7.35. The van der Waals surface area contributed by atoms with E-state index in [0.29, 0.717) is 10.7 Å². The van der Waals surface area contributed by atoms with Crippen molar-refractivity contribution in [2.24, 2.45) is 0 Å². The van der Waals surface area contributed by atoms with Crippen molar-refractivity contribution in [1.29, 1.82) is 0 Å². The Bertz CT molecular complexity index is 711. The molecule has 0 spiro atoms. The number of halogens is 1. The molecule has 0 unspecified atom stereocenters. The van der Waals surface area contributed by atoms with Gasteiger partial charge in [0.25, 0.3) is 5.91 Å². The lowest BCUT2D eigenvalue weighted by atomic mass is 10.2. The van der Waals surface area contributed by atoms with Crippen LogP contribution in [0.1, 0.15) is 29.9 Å². The van der Waals surface area contributed by atoms with E-state index in [1.807, 2.05) is 23.6 Å². The van der Waals surface area contributed by atoms with Gasteiger partial charge in [-0.2, -0.15) is 0 Å². The van der Waals surface area contributed by atoms with Gasteiger partial charge in [-0.1, -0.05) is 12.1 Å². The van der Waals surface area contributed by atoms with E-state index >= 15 is 0 Å². The number of anilines is 1. The Morgan fingerprint density at radius 1 is 1.38 bits per heavy atom. The second-order valence-electron chi connectivity index (χ2n) is 6.03. The third-order valence-electron chi connectivity index (χ3n) is 3.77. The molecule has 2 heterocycles. The van der Waals surface area contributed by atoms with Gasteiger partial charge in [0.1, 0.15) is 0 Å². The van der Waals surface area contributed by atoms with Crippen LogP contribution in [0.2, 0.25) is 0 Å².